The molecule has 0 aliphatic heterocycles. The van der Waals surface area contributed by atoms with Gasteiger partial charge in [0.05, 0.1) is 0 Å². The predicted octanol–water partition coefficient (Wildman–Crippen LogP) is 1.81. The lowest BCUT2D eigenvalue weighted by atomic mass is 10.1. The van der Waals surface area contributed by atoms with Crippen molar-refractivity contribution in [2.24, 2.45) is 0 Å². The number of nitrogens with two attached hydrogens (primary N) is 1. The Morgan fingerprint density at radius 1 is 1.24 bits per heavy atom. The molecule has 0 amide bonds. The Balaban J connectivity index is 1.97. The van der Waals surface area contributed by atoms with Gasteiger partial charge in [0.2, 0.25) is 11.9 Å². The number of rotatable bonds is 8. The Morgan fingerprint density at radius 3 is 2.81 bits per heavy atom. The van der Waals surface area contributed by atoms with Crippen LogP contribution in [0.1, 0.15) is 46.0 Å². The highest BCUT2D eigenvalue weighted by Gasteiger charge is 2.09. The molecule has 2 rings (SSSR count). The summed E-state index contributed by atoms with van der Waals surface area (Å²) >= 11 is 0. The van der Waals surface area contributed by atoms with Crippen molar-refractivity contribution in [1.82, 2.24) is 29.7 Å². The maximum Gasteiger partial charge on any atom is 0.258 e. The standard InChI is InChI=1S/C13H22N8/c1-3-4-5-6-7-10(2)17-12-18-11(14)19-13(20-12)21-9-15-8-16-21/h8-10H,3-7H2,1-2H3,(H3,14,17,18,19,20). The van der Waals surface area contributed by atoms with E-state index in [9.17, 15) is 0 Å². The van der Waals surface area contributed by atoms with Gasteiger partial charge in [0.1, 0.15) is 12.7 Å². The molecule has 0 aromatic carbocycles. The number of hydrogen-bond donors (Lipinski definition) is 2. The van der Waals surface area contributed by atoms with Crippen molar-refractivity contribution in [2.45, 2.75) is 52.0 Å². The predicted molar refractivity (Wildman–Crippen MR) is 81.0 cm³/mol. The van der Waals surface area contributed by atoms with E-state index in [0.29, 0.717) is 11.9 Å². The number of nitrogens with zero attached hydrogens (tertiary/aromatic N) is 6. The van der Waals surface area contributed by atoms with Crippen molar-refractivity contribution in [3.05, 3.63) is 12.7 Å². The van der Waals surface area contributed by atoms with E-state index < -0.39 is 0 Å². The normalized spacial score (nSPS) is 12.3. The van der Waals surface area contributed by atoms with Crippen molar-refractivity contribution < 1.29 is 0 Å². The molecule has 0 saturated heterocycles. The fourth-order valence-electron chi connectivity index (χ4n) is 2.03. The second-order valence-corrected chi connectivity index (χ2v) is 5.05. The summed E-state index contributed by atoms with van der Waals surface area (Å²) in [6.45, 7) is 4.32. The minimum atomic E-state index is 0.163. The van der Waals surface area contributed by atoms with Crippen LogP contribution in [-0.2, 0) is 0 Å². The van der Waals surface area contributed by atoms with Crippen LogP contribution in [0.25, 0.3) is 5.95 Å². The van der Waals surface area contributed by atoms with Crippen LogP contribution in [0, 0.1) is 0 Å². The average molecular weight is 290 g/mol. The van der Waals surface area contributed by atoms with Gasteiger partial charge in [0.25, 0.3) is 5.95 Å². The monoisotopic (exact) mass is 290 g/mol. The molecule has 21 heavy (non-hydrogen) atoms. The van der Waals surface area contributed by atoms with Gasteiger partial charge in [-0.05, 0) is 13.3 Å². The number of hydrogen-bond acceptors (Lipinski definition) is 7. The van der Waals surface area contributed by atoms with Gasteiger partial charge in [-0.1, -0.05) is 32.6 Å². The third-order valence-electron chi connectivity index (χ3n) is 3.13. The smallest absolute Gasteiger partial charge is 0.258 e. The van der Waals surface area contributed by atoms with E-state index in [0.717, 1.165) is 6.42 Å². The molecule has 0 aliphatic carbocycles. The van der Waals surface area contributed by atoms with Gasteiger partial charge < -0.3 is 11.1 Å². The Morgan fingerprint density at radius 2 is 2.10 bits per heavy atom. The van der Waals surface area contributed by atoms with E-state index in [-0.39, 0.29) is 12.0 Å². The SMILES string of the molecule is CCCCCCC(C)Nc1nc(N)nc(-n2cncn2)n1. The highest BCUT2D eigenvalue weighted by Crippen LogP contribution is 2.11. The van der Waals surface area contributed by atoms with Gasteiger partial charge >= 0.3 is 0 Å². The molecular formula is C13H22N8. The van der Waals surface area contributed by atoms with E-state index in [1.165, 1.54) is 43.0 Å². The van der Waals surface area contributed by atoms with E-state index in [2.05, 4.69) is 44.2 Å². The number of unbranched alkanes of at least 4 members (excludes halogenated alkanes) is 3. The van der Waals surface area contributed by atoms with Gasteiger partial charge in [-0.3, -0.25) is 0 Å². The first-order valence-electron chi connectivity index (χ1n) is 7.32. The molecule has 8 heteroatoms. The molecule has 0 aliphatic rings. The van der Waals surface area contributed by atoms with Crippen molar-refractivity contribution in [3.63, 3.8) is 0 Å². The quantitative estimate of drug-likeness (QED) is 0.714. The van der Waals surface area contributed by atoms with Crippen LogP contribution in [-0.4, -0.2) is 35.8 Å². The van der Waals surface area contributed by atoms with Crippen molar-refractivity contribution in [3.8, 4) is 5.95 Å². The summed E-state index contributed by atoms with van der Waals surface area (Å²) in [4.78, 5) is 16.3. The zero-order valence-electron chi connectivity index (χ0n) is 12.5. The summed E-state index contributed by atoms with van der Waals surface area (Å²) in [6, 6.07) is 0.284. The number of nitrogens with one attached hydrogen (secondary N) is 1. The first kappa shape index (κ1) is 15.1. The molecule has 0 bridgehead atoms. The van der Waals surface area contributed by atoms with E-state index in [4.69, 9.17) is 5.73 Å². The largest absolute Gasteiger partial charge is 0.368 e. The molecular weight excluding hydrogens is 268 g/mol. The second kappa shape index (κ2) is 7.51. The van der Waals surface area contributed by atoms with Gasteiger partial charge in [-0.2, -0.15) is 24.7 Å². The second-order valence-electron chi connectivity index (χ2n) is 5.05. The third-order valence-corrected chi connectivity index (χ3v) is 3.13. The molecule has 2 aromatic rings. The third kappa shape index (κ3) is 4.66. The highest BCUT2D eigenvalue weighted by molar-refractivity contribution is 5.35. The molecule has 3 N–H and O–H groups in total. The molecule has 2 heterocycles. The van der Waals surface area contributed by atoms with Gasteiger partial charge in [-0.25, -0.2) is 4.98 Å². The van der Waals surface area contributed by atoms with E-state index in [1.807, 2.05) is 0 Å². The van der Waals surface area contributed by atoms with Crippen LogP contribution in [0.2, 0.25) is 0 Å². The maximum absolute atomic E-state index is 5.72. The summed E-state index contributed by atoms with van der Waals surface area (Å²) in [5.41, 5.74) is 5.72. The molecule has 0 fully saturated rings. The first-order valence-corrected chi connectivity index (χ1v) is 7.32. The molecule has 1 unspecified atom stereocenters. The van der Waals surface area contributed by atoms with Crippen LogP contribution >= 0.6 is 0 Å². The van der Waals surface area contributed by atoms with Crippen LogP contribution < -0.4 is 11.1 Å². The minimum Gasteiger partial charge on any atom is -0.368 e. The van der Waals surface area contributed by atoms with Crippen LogP contribution in [0.5, 0.6) is 0 Å². The maximum atomic E-state index is 5.72. The molecule has 8 nitrogen and oxygen atoms in total. The van der Waals surface area contributed by atoms with E-state index >= 15 is 0 Å². The fraction of sp³-hybridized carbons (Fsp3) is 0.615. The number of aromatic nitrogens is 6. The number of nitrogen functional groups attached to an aromatic ring is 1. The first-order chi connectivity index (χ1) is 10.2. The Labute approximate surface area is 124 Å². The van der Waals surface area contributed by atoms with Crippen molar-refractivity contribution in [2.75, 3.05) is 11.1 Å². The zero-order chi connectivity index (χ0) is 15.1. The van der Waals surface area contributed by atoms with E-state index in [1.54, 1.807) is 0 Å². The van der Waals surface area contributed by atoms with Crippen molar-refractivity contribution >= 4 is 11.9 Å². The van der Waals surface area contributed by atoms with Crippen LogP contribution in [0.4, 0.5) is 11.9 Å². The number of anilines is 2. The Hall–Kier alpha value is -2.25. The minimum absolute atomic E-state index is 0.163. The lowest BCUT2D eigenvalue weighted by Gasteiger charge is -2.14. The van der Waals surface area contributed by atoms with Gasteiger partial charge in [0.15, 0.2) is 0 Å². The topological polar surface area (TPSA) is 107 Å². The van der Waals surface area contributed by atoms with Gasteiger partial charge in [-0.15, -0.1) is 0 Å². The summed E-state index contributed by atoms with van der Waals surface area (Å²) in [7, 11) is 0. The average Bonchev–Trinajstić information content (AvgIpc) is 2.97. The lowest BCUT2D eigenvalue weighted by Crippen LogP contribution is -2.19. The summed E-state index contributed by atoms with van der Waals surface area (Å²) in [6.07, 6.45) is 8.99. The fourth-order valence-corrected chi connectivity index (χ4v) is 2.03. The Bertz CT molecular complexity index is 539. The molecule has 0 radical (unpaired) electrons. The summed E-state index contributed by atoms with van der Waals surface area (Å²) < 4.78 is 1.45. The van der Waals surface area contributed by atoms with Gasteiger partial charge in [0, 0.05) is 6.04 Å². The summed E-state index contributed by atoms with van der Waals surface area (Å²) in [5, 5.41) is 7.25. The molecule has 0 spiro atoms. The van der Waals surface area contributed by atoms with Crippen LogP contribution in [0.15, 0.2) is 12.7 Å². The molecule has 0 saturated carbocycles. The van der Waals surface area contributed by atoms with Crippen molar-refractivity contribution in [1.29, 1.82) is 0 Å². The zero-order valence-corrected chi connectivity index (χ0v) is 12.5. The highest BCUT2D eigenvalue weighted by atomic mass is 15.4. The molecule has 1 atom stereocenters. The lowest BCUT2D eigenvalue weighted by molar-refractivity contribution is 0.591. The molecule has 114 valence electrons. The Kier molecular flexibility index (Phi) is 5.42. The summed E-state index contributed by atoms with van der Waals surface area (Å²) in [5.74, 6) is 0.993. The molecule has 2 aromatic heterocycles. The van der Waals surface area contributed by atoms with Crippen LogP contribution in [0.3, 0.4) is 0 Å².